The van der Waals surface area contributed by atoms with E-state index in [-0.39, 0.29) is 11.8 Å². The van der Waals surface area contributed by atoms with Crippen molar-refractivity contribution < 1.29 is 4.79 Å². The van der Waals surface area contributed by atoms with Crippen LogP contribution in [0, 0.1) is 5.92 Å². The summed E-state index contributed by atoms with van der Waals surface area (Å²) in [6, 6.07) is 9.87. The molecule has 0 aromatic heterocycles. The van der Waals surface area contributed by atoms with Crippen molar-refractivity contribution in [1.82, 2.24) is 4.90 Å². The van der Waals surface area contributed by atoms with Crippen LogP contribution in [0.2, 0.25) is 0 Å². The maximum absolute atomic E-state index is 12.8. The van der Waals surface area contributed by atoms with Crippen LogP contribution in [-0.2, 0) is 10.2 Å². The number of carbonyl (C=O) groups excluding carboxylic acids is 1. The van der Waals surface area contributed by atoms with E-state index in [0.29, 0.717) is 0 Å². The number of nitrogens with two attached hydrogens (primary N) is 1. The van der Waals surface area contributed by atoms with Crippen LogP contribution in [0.3, 0.4) is 0 Å². The largest absolute Gasteiger partial charge is 0.369 e. The zero-order chi connectivity index (χ0) is 16.9. The van der Waals surface area contributed by atoms with Crippen LogP contribution in [0.5, 0.6) is 0 Å². The molecule has 3 heteroatoms. The number of nitrogens with zero attached hydrogens (tertiary/aromatic N) is 1. The highest BCUT2D eigenvalue weighted by Gasteiger charge is 2.49. The minimum Gasteiger partial charge on any atom is -0.369 e. The standard InChI is InChI=1S/C20H26N2O/c1-4-6-10-16(5-2)20(19(21)23,17-11-8-7-9-12-17)18-13-14-22(3)15-18/h4-12,18H,2,13-15H2,1,3H3,(H2,21,23)/b6-4-,16-10+. The van der Waals surface area contributed by atoms with E-state index in [1.165, 1.54) is 0 Å². The molecule has 0 spiro atoms. The lowest BCUT2D eigenvalue weighted by atomic mass is 9.64. The number of rotatable bonds is 6. The van der Waals surface area contributed by atoms with Crippen molar-refractivity contribution in [2.75, 3.05) is 20.1 Å². The van der Waals surface area contributed by atoms with Gasteiger partial charge in [0, 0.05) is 6.54 Å². The molecule has 2 unspecified atom stereocenters. The second-order valence-electron chi connectivity index (χ2n) is 6.14. The summed E-state index contributed by atoms with van der Waals surface area (Å²) in [4.78, 5) is 15.0. The van der Waals surface area contributed by atoms with E-state index in [0.717, 1.165) is 30.6 Å². The molecule has 1 heterocycles. The molecule has 2 rings (SSSR count). The molecule has 0 saturated carbocycles. The molecule has 1 aromatic rings. The van der Waals surface area contributed by atoms with E-state index in [2.05, 4.69) is 18.5 Å². The van der Waals surface area contributed by atoms with Crippen molar-refractivity contribution in [2.45, 2.75) is 18.8 Å². The Hall–Kier alpha value is -2.13. The molecule has 1 aromatic carbocycles. The monoisotopic (exact) mass is 310 g/mol. The minimum absolute atomic E-state index is 0.141. The number of carbonyl (C=O) groups is 1. The van der Waals surface area contributed by atoms with Crippen LogP contribution in [0.1, 0.15) is 18.9 Å². The first-order valence-corrected chi connectivity index (χ1v) is 8.07. The molecule has 0 bridgehead atoms. The highest BCUT2D eigenvalue weighted by Crippen LogP contribution is 2.44. The molecule has 1 amide bonds. The molecule has 0 aliphatic carbocycles. The molecule has 122 valence electrons. The van der Waals surface area contributed by atoms with E-state index >= 15 is 0 Å². The zero-order valence-electron chi connectivity index (χ0n) is 14.0. The summed E-state index contributed by atoms with van der Waals surface area (Å²) in [6.45, 7) is 7.73. The Morgan fingerprint density at radius 3 is 2.57 bits per heavy atom. The number of likely N-dealkylation sites (tertiary alicyclic amines) is 1. The van der Waals surface area contributed by atoms with Crippen molar-refractivity contribution in [3.63, 3.8) is 0 Å². The quantitative estimate of drug-likeness (QED) is 0.821. The molecule has 1 fully saturated rings. The molecule has 0 radical (unpaired) electrons. The van der Waals surface area contributed by atoms with Gasteiger partial charge in [-0.15, -0.1) is 0 Å². The van der Waals surface area contributed by atoms with E-state index in [4.69, 9.17) is 5.73 Å². The van der Waals surface area contributed by atoms with Crippen molar-refractivity contribution >= 4 is 5.91 Å². The third kappa shape index (κ3) is 3.15. The van der Waals surface area contributed by atoms with Crippen molar-refractivity contribution in [1.29, 1.82) is 0 Å². The fourth-order valence-electron chi connectivity index (χ4n) is 3.67. The second-order valence-corrected chi connectivity index (χ2v) is 6.14. The minimum atomic E-state index is -0.840. The summed E-state index contributed by atoms with van der Waals surface area (Å²) in [5, 5.41) is 0. The average molecular weight is 310 g/mol. The molecular weight excluding hydrogens is 284 g/mol. The number of hydrogen-bond donors (Lipinski definition) is 1. The fourth-order valence-corrected chi connectivity index (χ4v) is 3.67. The van der Waals surface area contributed by atoms with Crippen LogP contribution < -0.4 is 5.73 Å². The number of benzene rings is 1. The topological polar surface area (TPSA) is 46.3 Å². The van der Waals surface area contributed by atoms with Gasteiger partial charge in [0.05, 0.1) is 0 Å². The molecule has 1 saturated heterocycles. The highest BCUT2D eigenvalue weighted by atomic mass is 16.1. The van der Waals surface area contributed by atoms with Gasteiger partial charge in [-0.1, -0.05) is 61.2 Å². The van der Waals surface area contributed by atoms with E-state index < -0.39 is 5.41 Å². The Bertz CT molecular complexity index is 618. The maximum Gasteiger partial charge on any atom is 0.232 e. The molecule has 1 aliphatic rings. The van der Waals surface area contributed by atoms with Crippen molar-refractivity contribution in [3.05, 3.63) is 72.4 Å². The number of hydrogen-bond acceptors (Lipinski definition) is 2. The van der Waals surface area contributed by atoms with E-state index in [9.17, 15) is 4.79 Å². The number of allylic oxidation sites excluding steroid dienone is 4. The van der Waals surface area contributed by atoms with E-state index in [1.54, 1.807) is 6.08 Å². The normalized spacial score (nSPS) is 22.2. The summed E-state index contributed by atoms with van der Waals surface area (Å²) >= 11 is 0. The number of amides is 1. The van der Waals surface area contributed by atoms with Crippen molar-refractivity contribution in [3.8, 4) is 0 Å². The van der Waals surface area contributed by atoms with Gasteiger partial charge >= 0.3 is 0 Å². The van der Waals surface area contributed by atoms with Gasteiger partial charge in [0.25, 0.3) is 0 Å². The van der Waals surface area contributed by atoms with E-state index in [1.807, 2.05) is 55.5 Å². The Balaban J connectivity index is 2.69. The van der Waals surface area contributed by atoms with Crippen LogP contribution in [0.4, 0.5) is 0 Å². The third-order valence-corrected chi connectivity index (χ3v) is 4.76. The lowest BCUT2D eigenvalue weighted by Gasteiger charge is -2.38. The fraction of sp³-hybridized carbons (Fsp3) is 0.350. The lowest BCUT2D eigenvalue weighted by molar-refractivity contribution is -0.123. The van der Waals surface area contributed by atoms with Gasteiger partial charge in [0.1, 0.15) is 5.41 Å². The van der Waals surface area contributed by atoms with Gasteiger partial charge in [-0.3, -0.25) is 4.79 Å². The molecule has 2 N–H and O–H groups in total. The van der Waals surface area contributed by atoms with Crippen LogP contribution in [0.25, 0.3) is 0 Å². The van der Waals surface area contributed by atoms with Crippen LogP contribution in [0.15, 0.2) is 66.8 Å². The first-order valence-electron chi connectivity index (χ1n) is 8.07. The summed E-state index contributed by atoms with van der Waals surface area (Å²) in [6.07, 6.45) is 8.56. The highest BCUT2D eigenvalue weighted by molar-refractivity contribution is 5.92. The Labute approximate surface area is 139 Å². The molecule has 2 atom stereocenters. The molecule has 23 heavy (non-hydrogen) atoms. The van der Waals surface area contributed by atoms with Crippen LogP contribution in [-0.4, -0.2) is 30.9 Å². The maximum atomic E-state index is 12.8. The summed E-state index contributed by atoms with van der Waals surface area (Å²) in [5.74, 6) is -0.165. The molecular formula is C20H26N2O. The zero-order valence-corrected chi connectivity index (χ0v) is 14.0. The van der Waals surface area contributed by atoms with Gasteiger partial charge in [0.2, 0.25) is 5.91 Å². The predicted octanol–water partition coefficient (Wildman–Crippen LogP) is 3.05. The molecule has 1 aliphatic heterocycles. The SMILES string of the molecule is C=C/C(=C\C=C/C)C(C(N)=O)(c1ccccc1)C1CCN(C)C1. The summed E-state index contributed by atoms with van der Waals surface area (Å²) in [7, 11) is 2.08. The van der Waals surface area contributed by atoms with Crippen LogP contribution >= 0.6 is 0 Å². The first kappa shape index (κ1) is 17.2. The van der Waals surface area contributed by atoms with Gasteiger partial charge in [-0.05, 0) is 44.0 Å². The van der Waals surface area contributed by atoms with Gasteiger partial charge in [-0.25, -0.2) is 0 Å². The van der Waals surface area contributed by atoms with Crippen molar-refractivity contribution in [2.24, 2.45) is 11.7 Å². The average Bonchev–Trinajstić information content (AvgIpc) is 2.98. The predicted molar refractivity (Wildman–Crippen MR) is 96.0 cm³/mol. The van der Waals surface area contributed by atoms with Gasteiger partial charge in [-0.2, -0.15) is 0 Å². The first-order chi connectivity index (χ1) is 11.1. The second kappa shape index (κ2) is 7.42. The summed E-state index contributed by atoms with van der Waals surface area (Å²) < 4.78 is 0. The molecule has 3 nitrogen and oxygen atoms in total. The Morgan fingerprint density at radius 2 is 2.09 bits per heavy atom. The Morgan fingerprint density at radius 1 is 1.39 bits per heavy atom. The van der Waals surface area contributed by atoms with Gasteiger partial charge < -0.3 is 10.6 Å². The third-order valence-electron chi connectivity index (χ3n) is 4.76. The Kier molecular flexibility index (Phi) is 5.56. The van der Waals surface area contributed by atoms with Gasteiger partial charge in [0.15, 0.2) is 0 Å². The number of primary amides is 1. The smallest absolute Gasteiger partial charge is 0.232 e. The summed E-state index contributed by atoms with van der Waals surface area (Å²) in [5.41, 5.74) is 6.98. The lowest BCUT2D eigenvalue weighted by Crippen LogP contribution is -2.49.